The van der Waals surface area contributed by atoms with Crippen LogP contribution in [0.3, 0.4) is 0 Å². The van der Waals surface area contributed by atoms with Crippen LogP contribution in [0.5, 0.6) is 0 Å². The van der Waals surface area contributed by atoms with Gasteiger partial charge in [0, 0.05) is 17.1 Å². The molecular weight excluding hydrogens is 247 g/mol. The molecule has 0 N–H and O–H groups in total. The largest absolute Gasteiger partial charge is 0.310 e. The maximum Gasteiger partial charge on any atom is 0.310 e. The Kier molecular flexibility index (Phi) is 2.99. The number of nitro groups is 1. The van der Waals surface area contributed by atoms with Gasteiger partial charge in [-0.2, -0.15) is 0 Å². The first-order chi connectivity index (χ1) is 5.66. The Morgan fingerprint density at radius 3 is 2.83 bits per heavy atom. The molecule has 0 aliphatic rings. The molecule has 1 rings (SSSR count). The minimum absolute atomic E-state index is 0.0723. The first-order valence-electron chi connectivity index (χ1n) is 3.00. The van der Waals surface area contributed by atoms with Gasteiger partial charge in [0.1, 0.15) is 0 Å². The third-order valence-electron chi connectivity index (χ3n) is 1.29. The van der Waals surface area contributed by atoms with Crippen LogP contribution in [-0.4, -0.2) is 9.91 Å². The maximum atomic E-state index is 10.5. The van der Waals surface area contributed by atoms with E-state index in [9.17, 15) is 10.1 Å². The molecule has 0 fully saturated rings. The Balaban J connectivity index is 3.29. The van der Waals surface area contributed by atoms with Gasteiger partial charge >= 0.3 is 5.69 Å². The lowest BCUT2D eigenvalue weighted by Gasteiger charge is -1.98. The Morgan fingerprint density at radius 2 is 2.42 bits per heavy atom. The molecule has 0 unspecified atom stereocenters. The summed E-state index contributed by atoms with van der Waals surface area (Å²) in [6, 6.07) is 1.55. The van der Waals surface area contributed by atoms with E-state index >= 15 is 0 Å². The molecule has 0 amide bonds. The molecule has 0 radical (unpaired) electrons. The number of nitrogens with zero attached hydrogens (tertiary/aromatic N) is 2. The highest BCUT2D eigenvalue weighted by Crippen LogP contribution is 2.27. The zero-order valence-corrected chi connectivity index (χ0v) is 8.17. The molecule has 0 saturated carbocycles. The van der Waals surface area contributed by atoms with Crippen molar-refractivity contribution in [2.45, 2.75) is 5.33 Å². The van der Waals surface area contributed by atoms with Crippen molar-refractivity contribution in [3.63, 3.8) is 0 Å². The van der Waals surface area contributed by atoms with Gasteiger partial charge in [0.25, 0.3) is 0 Å². The second kappa shape index (κ2) is 3.82. The number of aromatic nitrogens is 1. The van der Waals surface area contributed by atoms with Gasteiger partial charge in [0.05, 0.1) is 4.92 Å². The van der Waals surface area contributed by atoms with E-state index < -0.39 is 4.92 Å². The molecule has 0 atom stereocenters. The summed E-state index contributed by atoms with van der Waals surface area (Å²) in [4.78, 5) is 13.5. The van der Waals surface area contributed by atoms with Gasteiger partial charge < -0.3 is 0 Å². The van der Waals surface area contributed by atoms with Gasteiger partial charge in [0.2, 0.25) is 5.15 Å². The van der Waals surface area contributed by atoms with Gasteiger partial charge in [-0.15, -0.1) is 0 Å². The number of hydrogen-bond acceptors (Lipinski definition) is 3. The van der Waals surface area contributed by atoms with E-state index in [0.717, 1.165) is 0 Å². The topological polar surface area (TPSA) is 56.0 Å². The standard InChI is InChI=1S/C6H4BrClN2O2/c7-3-4-1-2-9-6(8)5(4)10(11)12/h1-2H,3H2. The van der Waals surface area contributed by atoms with Crippen LogP contribution in [0.25, 0.3) is 0 Å². The van der Waals surface area contributed by atoms with Crippen molar-refractivity contribution >= 4 is 33.2 Å². The lowest BCUT2D eigenvalue weighted by atomic mass is 10.3. The summed E-state index contributed by atoms with van der Waals surface area (Å²) >= 11 is 8.65. The second-order valence-electron chi connectivity index (χ2n) is 2.00. The fourth-order valence-corrected chi connectivity index (χ4v) is 1.46. The molecule has 0 aromatic carbocycles. The smallest absolute Gasteiger partial charge is 0.258 e. The van der Waals surface area contributed by atoms with Crippen LogP contribution in [0, 0.1) is 10.1 Å². The van der Waals surface area contributed by atoms with Gasteiger partial charge in [0.15, 0.2) is 0 Å². The Hall–Kier alpha value is -0.680. The molecule has 4 nitrogen and oxygen atoms in total. The van der Waals surface area contributed by atoms with Crippen LogP contribution in [0.2, 0.25) is 5.15 Å². The highest BCUT2D eigenvalue weighted by molar-refractivity contribution is 9.08. The highest BCUT2D eigenvalue weighted by Gasteiger charge is 2.18. The monoisotopic (exact) mass is 250 g/mol. The normalized spacial score (nSPS) is 9.83. The number of pyridine rings is 1. The summed E-state index contributed by atoms with van der Waals surface area (Å²) in [6.07, 6.45) is 1.44. The summed E-state index contributed by atoms with van der Waals surface area (Å²) in [5.41, 5.74) is 0.399. The van der Waals surface area contributed by atoms with Crippen molar-refractivity contribution < 1.29 is 4.92 Å². The van der Waals surface area contributed by atoms with Crippen molar-refractivity contribution in [3.8, 4) is 0 Å². The lowest BCUT2D eigenvalue weighted by molar-refractivity contribution is -0.385. The molecule has 0 spiro atoms. The number of hydrogen-bond donors (Lipinski definition) is 0. The fraction of sp³-hybridized carbons (Fsp3) is 0.167. The van der Waals surface area contributed by atoms with Crippen LogP contribution >= 0.6 is 27.5 Å². The van der Waals surface area contributed by atoms with E-state index in [1.165, 1.54) is 6.20 Å². The van der Waals surface area contributed by atoms with E-state index in [1.54, 1.807) is 6.07 Å². The summed E-state index contributed by atoms with van der Waals surface area (Å²) in [5.74, 6) is 0. The van der Waals surface area contributed by atoms with Crippen molar-refractivity contribution in [2.24, 2.45) is 0 Å². The average molecular weight is 251 g/mol. The average Bonchev–Trinajstić information content (AvgIpc) is 2.03. The van der Waals surface area contributed by atoms with E-state index in [2.05, 4.69) is 20.9 Å². The van der Waals surface area contributed by atoms with Crippen LogP contribution in [0.4, 0.5) is 5.69 Å². The summed E-state index contributed by atoms with van der Waals surface area (Å²) in [7, 11) is 0. The van der Waals surface area contributed by atoms with Crippen LogP contribution in [0.15, 0.2) is 12.3 Å². The first kappa shape index (κ1) is 9.41. The number of alkyl halides is 1. The SMILES string of the molecule is O=[N+]([O-])c1c(CBr)ccnc1Cl. The quantitative estimate of drug-likeness (QED) is 0.351. The van der Waals surface area contributed by atoms with E-state index in [4.69, 9.17) is 11.6 Å². The van der Waals surface area contributed by atoms with Gasteiger partial charge in [-0.1, -0.05) is 27.5 Å². The van der Waals surface area contributed by atoms with Crippen molar-refractivity contribution in [2.75, 3.05) is 0 Å². The van der Waals surface area contributed by atoms with Gasteiger partial charge in [-0.25, -0.2) is 4.98 Å². The predicted octanol–water partition coefficient (Wildman–Crippen LogP) is 2.54. The van der Waals surface area contributed by atoms with Crippen LogP contribution in [0.1, 0.15) is 5.56 Å². The highest BCUT2D eigenvalue weighted by atomic mass is 79.9. The number of halogens is 2. The minimum Gasteiger partial charge on any atom is -0.258 e. The Labute approximate surface area is 81.8 Å². The van der Waals surface area contributed by atoms with Crippen molar-refractivity contribution in [1.29, 1.82) is 0 Å². The molecule has 0 saturated heterocycles. The second-order valence-corrected chi connectivity index (χ2v) is 2.92. The molecule has 1 aromatic heterocycles. The minimum atomic E-state index is -0.536. The lowest BCUT2D eigenvalue weighted by Crippen LogP contribution is -1.95. The van der Waals surface area contributed by atoms with E-state index in [1.807, 2.05) is 0 Å². The summed E-state index contributed by atoms with van der Waals surface area (Å²) in [5, 5.41) is 10.8. The van der Waals surface area contributed by atoms with Crippen molar-refractivity contribution in [3.05, 3.63) is 33.1 Å². The predicted molar refractivity (Wildman–Crippen MR) is 48.5 cm³/mol. The fourth-order valence-electron chi connectivity index (χ4n) is 0.766. The van der Waals surface area contributed by atoms with E-state index in [-0.39, 0.29) is 10.8 Å². The molecule has 1 heterocycles. The molecule has 12 heavy (non-hydrogen) atoms. The molecule has 0 aliphatic heterocycles. The van der Waals surface area contributed by atoms with Crippen molar-refractivity contribution in [1.82, 2.24) is 4.98 Å². The molecule has 64 valence electrons. The third kappa shape index (κ3) is 1.73. The Bertz CT molecular complexity index is 318. The van der Waals surface area contributed by atoms with Crippen LogP contribution in [-0.2, 0) is 5.33 Å². The molecule has 1 aromatic rings. The first-order valence-corrected chi connectivity index (χ1v) is 4.50. The van der Waals surface area contributed by atoms with Crippen LogP contribution < -0.4 is 0 Å². The van der Waals surface area contributed by atoms with Gasteiger partial charge in [-0.3, -0.25) is 10.1 Å². The number of rotatable bonds is 2. The summed E-state index contributed by atoms with van der Waals surface area (Å²) < 4.78 is 0. The third-order valence-corrected chi connectivity index (χ3v) is 2.17. The maximum absolute atomic E-state index is 10.5. The molecular formula is C6H4BrClN2O2. The molecule has 0 aliphatic carbocycles. The molecule has 6 heteroatoms. The van der Waals surface area contributed by atoms with Gasteiger partial charge in [-0.05, 0) is 6.07 Å². The molecule has 0 bridgehead atoms. The summed E-state index contributed by atoms with van der Waals surface area (Å²) in [6.45, 7) is 0. The Morgan fingerprint density at radius 1 is 1.75 bits per heavy atom. The van der Waals surface area contributed by atoms with E-state index in [0.29, 0.717) is 10.9 Å². The zero-order valence-electron chi connectivity index (χ0n) is 5.83. The zero-order chi connectivity index (χ0) is 9.14.